The maximum Gasteiger partial charge on any atom is 0.154 e. The number of aliphatic imine (C=N–C) groups is 1. The van der Waals surface area contributed by atoms with Crippen LogP contribution < -0.4 is 5.73 Å². The first-order chi connectivity index (χ1) is 7.15. The zero-order valence-electron chi connectivity index (χ0n) is 8.34. The van der Waals surface area contributed by atoms with Crippen molar-refractivity contribution in [3.63, 3.8) is 0 Å². The third kappa shape index (κ3) is 3.93. The van der Waals surface area contributed by atoms with E-state index in [1.807, 2.05) is 25.1 Å². The lowest BCUT2D eigenvalue weighted by atomic mass is 10.2. The van der Waals surface area contributed by atoms with Crippen molar-refractivity contribution in [3.8, 4) is 0 Å². The van der Waals surface area contributed by atoms with E-state index in [2.05, 4.69) is 4.99 Å². The molecular weight excluding hydrogens is 251 g/mol. The highest BCUT2D eigenvalue weighted by Crippen LogP contribution is 2.28. The summed E-state index contributed by atoms with van der Waals surface area (Å²) < 4.78 is 0. The van der Waals surface area contributed by atoms with Crippen molar-refractivity contribution >= 4 is 40.1 Å². The number of hydrogen-bond donors (Lipinski definition) is 1. The Labute approximate surface area is 104 Å². The van der Waals surface area contributed by atoms with Crippen LogP contribution in [0.1, 0.15) is 12.5 Å². The zero-order chi connectivity index (χ0) is 11.3. The number of thioether (sulfide) groups is 1. The molecule has 2 N–H and O–H groups in total. The van der Waals surface area contributed by atoms with Gasteiger partial charge in [-0.25, -0.2) is 0 Å². The normalized spacial score (nSPS) is 11.8. The van der Waals surface area contributed by atoms with Gasteiger partial charge in [0.15, 0.2) is 5.17 Å². The lowest BCUT2D eigenvalue weighted by Gasteiger charge is -2.05. The van der Waals surface area contributed by atoms with Crippen LogP contribution in [-0.4, -0.2) is 11.7 Å². The van der Waals surface area contributed by atoms with Gasteiger partial charge in [0.2, 0.25) is 0 Å². The number of nitrogens with two attached hydrogens (primary N) is 1. The molecule has 1 aromatic carbocycles. The summed E-state index contributed by atoms with van der Waals surface area (Å²) in [4.78, 5) is 4.07. The highest BCUT2D eigenvalue weighted by Gasteiger charge is 2.06. The molecule has 0 amide bonds. The summed E-state index contributed by atoms with van der Waals surface area (Å²) in [5.41, 5.74) is 6.56. The average Bonchev–Trinajstić information content (AvgIpc) is 2.17. The van der Waals surface area contributed by atoms with Gasteiger partial charge in [0.05, 0.1) is 0 Å². The molecule has 0 fully saturated rings. The number of halogens is 2. The molecule has 1 rings (SSSR count). The quantitative estimate of drug-likeness (QED) is 0.668. The Balaban J connectivity index is 2.69. The number of hydrogen-bond acceptors (Lipinski definition) is 2. The highest BCUT2D eigenvalue weighted by molar-refractivity contribution is 8.13. The van der Waals surface area contributed by atoms with Gasteiger partial charge in [0.25, 0.3) is 0 Å². The van der Waals surface area contributed by atoms with E-state index in [0.29, 0.717) is 27.5 Å². The average molecular weight is 263 g/mol. The van der Waals surface area contributed by atoms with E-state index in [4.69, 9.17) is 28.9 Å². The first-order valence-electron chi connectivity index (χ1n) is 4.50. The van der Waals surface area contributed by atoms with Crippen LogP contribution in [-0.2, 0) is 5.75 Å². The Morgan fingerprint density at radius 3 is 2.53 bits per heavy atom. The summed E-state index contributed by atoms with van der Waals surface area (Å²) >= 11 is 13.5. The summed E-state index contributed by atoms with van der Waals surface area (Å²) in [5.74, 6) is 0.647. The van der Waals surface area contributed by atoms with Crippen molar-refractivity contribution in [2.45, 2.75) is 12.7 Å². The standard InChI is InChI=1S/C10H12Cl2N2S/c1-2-14-10(13)15-6-7-8(11)4-3-5-9(7)12/h3-5H,2,6H2,1H3,(H2,13,14). The van der Waals surface area contributed by atoms with Gasteiger partial charge in [0, 0.05) is 22.3 Å². The van der Waals surface area contributed by atoms with E-state index in [1.54, 1.807) is 0 Å². The molecule has 0 radical (unpaired) electrons. The van der Waals surface area contributed by atoms with E-state index in [0.717, 1.165) is 5.56 Å². The molecule has 82 valence electrons. The fraction of sp³-hybridized carbons (Fsp3) is 0.300. The maximum absolute atomic E-state index is 6.01. The van der Waals surface area contributed by atoms with Crippen LogP contribution in [0.25, 0.3) is 0 Å². The predicted molar refractivity (Wildman–Crippen MR) is 69.9 cm³/mol. The third-order valence-corrected chi connectivity index (χ3v) is 3.31. The number of rotatable bonds is 3. The SMILES string of the molecule is CCN=C(N)SCc1c(Cl)cccc1Cl. The largest absolute Gasteiger partial charge is 0.379 e. The molecular formula is C10H12Cl2N2S. The number of amidine groups is 1. The van der Waals surface area contributed by atoms with Gasteiger partial charge in [-0.15, -0.1) is 0 Å². The van der Waals surface area contributed by atoms with Gasteiger partial charge in [-0.05, 0) is 24.6 Å². The fourth-order valence-electron chi connectivity index (χ4n) is 1.02. The van der Waals surface area contributed by atoms with Crippen molar-refractivity contribution in [1.82, 2.24) is 0 Å². The van der Waals surface area contributed by atoms with Crippen molar-refractivity contribution in [1.29, 1.82) is 0 Å². The summed E-state index contributed by atoms with van der Waals surface area (Å²) in [7, 11) is 0. The van der Waals surface area contributed by atoms with Gasteiger partial charge in [0.1, 0.15) is 0 Å². The van der Waals surface area contributed by atoms with Crippen LogP contribution in [0.5, 0.6) is 0 Å². The van der Waals surface area contributed by atoms with Crippen molar-refractivity contribution in [3.05, 3.63) is 33.8 Å². The molecule has 0 aliphatic carbocycles. The van der Waals surface area contributed by atoms with E-state index < -0.39 is 0 Å². The maximum atomic E-state index is 6.01. The van der Waals surface area contributed by atoms with E-state index in [-0.39, 0.29) is 0 Å². The zero-order valence-corrected chi connectivity index (χ0v) is 10.7. The molecule has 5 heteroatoms. The van der Waals surface area contributed by atoms with Gasteiger partial charge < -0.3 is 5.73 Å². The second-order valence-electron chi connectivity index (χ2n) is 2.80. The molecule has 2 nitrogen and oxygen atoms in total. The van der Waals surface area contributed by atoms with Crippen molar-refractivity contribution in [2.75, 3.05) is 6.54 Å². The van der Waals surface area contributed by atoms with Gasteiger partial charge >= 0.3 is 0 Å². The fourth-order valence-corrected chi connectivity index (χ4v) is 2.53. The second-order valence-corrected chi connectivity index (χ2v) is 4.61. The van der Waals surface area contributed by atoms with Crippen LogP contribution in [0.4, 0.5) is 0 Å². The van der Waals surface area contributed by atoms with Crippen LogP contribution >= 0.6 is 35.0 Å². The van der Waals surface area contributed by atoms with Gasteiger partial charge in [-0.2, -0.15) is 0 Å². The highest BCUT2D eigenvalue weighted by atomic mass is 35.5. The Hall–Kier alpha value is -0.380. The minimum absolute atomic E-state index is 0.563. The van der Waals surface area contributed by atoms with E-state index in [9.17, 15) is 0 Å². The molecule has 15 heavy (non-hydrogen) atoms. The molecule has 0 bridgehead atoms. The molecule has 0 spiro atoms. The molecule has 0 heterocycles. The number of nitrogens with zero attached hydrogens (tertiary/aromatic N) is 1. The smallest absolute Gasteiger partial charge is 0.154 e. The lowest BCUT2D eigenvalue weighted by Crippen LogP contribution is -2.07. The van der Waals surface area contributed by atoms with E-state index >= 15 is 0 Å². The summed E-state index contributed by atoms with van der Waals surface area (Å²) in [6, 6.07) is 5.45. The summed E-state index contributed by atoms with van der Waals surface area (Å²) in [6.45, 7) is 2.63. The van der Waals surface area contributed by atoms with Crippen LogP contribution in [0.15, 0.2) is 23.2 Å². The Morgan fingerprint density at radius 1 is 1.40 bits per heavy atom. The first kappa shape index (κ1) is 12.7. The van der Waals surface area contributed by atoms with Gasteiger partial charge in [-0.3, -0.25) is 4.99 Å². The predicted octanol–water partition coefficient (Wildman–Crippen LogP) is 3.56. The molecule has 0 aliphatic heterocycles. The molecule has 0 atom stereocenters. The van der Waals surface area contributed by atoms with Gasteiger partial charge in [-0.1, -0.05) is 41.0 Å². The van der Waals surface area contributed by atoms with E-state index in [1.165, 1.54) is 11.8 Å². The van der Waals surface area contributed by atoms with Crippen LogP contribution in [0.3, 0.4) is 0 Å². The Kier molecular flexibility index (Phi) is 5.29. The minimum Gasteiger partial charge on any atom is -0.379 e. The number of benzene rings is 1. The van der Waals surface area contributed by atoms with Crippen LogP contribution in [0.2, 0.25) is 10.0 Å². The Morgan fingerprint density at radius 2 is 2.00 bits per heavy atom. The van der Waals surface area contributed by atoms with Crippen LogP contribution in [0, 0.1) is 0 Å². The summed E-state index contributed by atoms with van der Waals surface area (Å²) in [6.07, 6.45) is 0. The first-order valence-corrected chi connectivity index (χ1v) is 6.25. The lowest BCUT2D eigenvalue weighted by molar-refractivity contribution is 1.13. The molecule has 0 aliphatic rings. The molecule has 1 aromatic rings. The Bertz CT molecular complexity index is 346. The monoisotopic (exact) mass is 262 g/mol. The van der Waals surface area contributed by atoms with Crippen molar-refractivity contribution < 1.29 is 0 Å². The molecule has 0 unspecified atom stereocenters. The topological polar surface area (TPSA) is 38.4 Å². The molecule has 0 saturated carbocycles. The molecule has 0 aromatic heterocycles. The van der Waals surface area contributed by atoms with Crippen molar-refractivity contribution in [2.24, 2.45) is 10.7 Å². The summed E-state index contributed by atoms with van der Waals surface area (Å²) in [5, 5.41) is 1.90. The third-order valence-electron chi connectivity index (χ3n) is 1.74. The molecule has 0 saturated heterocycles. The second kappa shape index (κ2) is 6.26. The minimum atomic E-state index is 0.563.